The van der Waals surface area contributed by atoms with Crippen molar-refractivity contribution in [1.29, 1.82) is 0 Å². The molecule has 3 aromatic rings. The van der Waals surface area contributed by atoms with Gasteiger partial charge in [0.1, 0.15) is 0 Å². The van der Waals surface area contributed by atoms with Crippen LogP contribution in [0.2, 0.25) is 0 Å². The number of fused-ring (bicyclic) bond motifs is 1. The molecule has 0 spiro atoms. The van der Waals surface area contributed by atoms with Crippen LogP contribution >= 0.6 is 0 Å². The van der Waals surface area contributed by atoms with Gasteiger partial charge in [0.2, 0.25) is 5.82 Å². The summed E-state index contributed by atoms with van der Waals surface area (Å²) in [7, 11) is -3.22. The average molecular weight is 369 g/mol. The molecule has 2 heterocycles. The normalized spacial score (nSPS) is 14.7. The average Bonchev–Trinajstić information content (AvgIpc) is 3.00. The number of nitrogens with zero attached hydrogens (tertiary/aromatic N) is 2. The van der Waals surface area contributed by atoms with E-state index >= 15 is 0 Å². The SMILES string of the molecule is CS(=O)(=O)c1ccc(-c2noc(-c3ccc4c(c3)CCNCC4)n2)cc1. The van der Waals surface area contributed by atoms with Gasteiger partial charge in [-0.15, -0.1) is 0 Å². The molecule has 1 N–H and O–H groups in total. The quantitative estimate of drug-likeness (QED) is 0.763. The van der Waals surface area contributed by atoms with Crippen LogP contribution in [-0.4, -0.2) is 37.9 Å². The highest BCUT2D eigenvalue weighted by Gasteiger charge is 2.15. The number of nitrogens with one attached hydrogen (secondary N) is 1. The fraction of sp³-hybridized carbons (Fsp3) is 0.263. The number of rotatable bonds is 3. The zero-order chi connectivity index (χ0) is 18.1. The largest absolute Gasteiger partial charge is 0.334 e. The monoisotopic (exact) mass is 369 g/mol. The van der Waals surface area contributed by atoms with Crippen LogP contribution in [0.4, 0.5) is 0 Å². The lowest BCUT2D eigenvalue weighted by atomic mass is 10.00. The van der Waals surface area contributed by atoms with Crippen LogP contribution < -0.4 is 5.32 Å². The lowest BCUT2D eigenvalue weighted by Crippen LogP contribution is -2.16. The maximum atomic E-state index is 11.6. The van der Waals surface area contributed by atoms with E-state index in [1.165, 1.54) is 17.4 Å². The Balaban J connectivity index is 1.63. The third-order valence-corrected chi connectivity index (χ3v) is 5.69. The van der Waals surface area contributed by atoms with Crippen LogP contribution in [0.25, 0.3) is 22.8 Å². The molecule has 7 heteroatoms. The summed E-state index contributed by atoms with van der Waals surface area (Å²) in [6.07, 6.45) is 3.19. The zero-order valence-electron chi connectivity index (χ0n) is 14.4. The molecule has 2 aromatic carbocycles. The van der Waals surface area contributed by atoms with Crippen LogP contribution in [0.15, 0.2) is 51.9 Å². The highest BCUT2D eigenvalue weighted by Crippen LogP contribution is 2.26. The second-order valence-electron chi connectivity index (χ2n) is 6.45. The first-order valence-electron chi connectivity index (χ1n) is 8.48. The minimum absolute atomic E-state index is 0.268. The van der Waals surface area contributed by atoms with Crippen molar-refractivity contribution < 1.29 is 12.9 Å². The summed E-state index contributed by atoms with van der Waals surface area (Å²) in [5, 5.41) is 7.44. The Bertz CT molecular complexity index is 1040. The van der Waals surface area contributed by atoms with E-state index in [0.29, 0.717) is 17.3 Å². The molecule has 0 bridgehead atoms. The lowest BCUT2D eigenvalue weighted by molar-refractivity contribution is 0.432. The first-order chi connectivity index (χ1) is 12.5. The van der Waals surface area contributed by atoms with E-state index in [1.807, 2.05) is 6.07 Å². The first kappa shape index (κ1) is 16.9. The van der Waals surface area contributed by atoms with Gasteiger partial charge in [0, 0.05) is 17.4 Å². The third kappa shape index (κ3) is 3.40. The predicted octanol–water partition coefficient (Wildman–Crippen LogP) is 2.50. The Hall–Kier alpha value is -2.51. The van der Waals surface area contributed by atoms with Crippen molar-refractivity contribution in [3.63, 3.8) is 0 Å². The molecule has 0 saturated carbocycles. The summed E-state index contributed by atoms with van der Waals surface area (Å²) >= 11 is 0. The smallest absolute Gasteiger partial charge is 0.258 e. The number of aromatic nitrogens is 2. The van der Waals surface area contributed by atoms with Crippen LogP contribution in [0.5, 0.6) is 0 Å². The van der Waals surface area contributed by atoms with Gasteiger partial charge in [0.25, 0.3) is 5.89 Å². The summed E-state index contributed by atoms with van der Waals surface area (Å²) in [5.74, 6) is 0.906. The Morgan fingerprint density at radius 3 is 2.38 bits per heavy atom. The van der Waals surface area contributed by atoms with Crippen LogP contribution in [-0.2, 0) is 22.7 Å². The molecule has 134 valence electrons. The molecule has 0 unspecified atom stereocenters. The lowest BCUT2D eigenvalue weighted by Gasteiger charge is -2.05. The van der Waals surface area contributed by atoms with Gasteiger partial charge in [-0.25, -0.2) is 8.42 Å². The standard InChI is InChI=1S/C19H19N3O3S/c1-26(23,24)17-6-4-14(5-7-17)18-21-19(25-22-18)16-3-2-13-8-10-20-11-9-15(13)12-16/h2-7,12,20H,8-11H2,1H3. The van der Waals surface area contributed by atoms with Crippen LogP contribution in [0.3, 0.4) is 0 Å². The van der Waals surface area contributed by atoms with E-state index in [4.69, 9.17) is 4.52 Å². The molecule has 0 radical (unpaired) electrons. The van der Waals surface area contributed by atoms with E-state index in [2.05, 4.69) is 27.6 Å². The molecule has 1 aromatic heterocycles. The van der Waals surface area contributed by atoms with Gasteiger partial charge in [-0.05, 0) is 73.5 Å². The third-order valence-electron chi connectivity index (χ3n) is 4.56. The number of hydrogen-bond donors (Lipinski definition) is 1. The van der Waals surface area contributed by atoms with Crippen molar-refractivity contribution in [2.24, 2.45) is 0 Å². The minimum atomic E-state index is -3.22. The van der Waals surface area contributed by atoms with Crippen molar-refractivity contribution in [3.05, 3.63) is 53.6 Å². The van der Waals surface area contributed by atoms with Crippen molar-refractivity contribution in [2.45, 2.75) is 17.7 Å². The Morgan fingerprint density at radius 1 is 0.962 bits per heavy atom. The Labute approximate surface area is 152 Å². The molecule has 0 saturated heterocycles. The number of sulfone groups is 1. The van der Waals surface area contributed by atoms with Gasteiger partial charge in [0.15, 0.2) is 9.84 Å². The van der Waals surface area contributed by atoms with E-state index < -0.39 is 9.84 Å². The van der Waals surface area contributed by atoms with Crippen LogP contribution in [0.1, 0.15) is 11.1 Å². The molecule has 26 heavy (non-hydrogen) atoms. The summed E-state index contributed by atoms with van der Waals surface area (Å²) in [5.41, 5.74) is 4.28. The molecule has 0 aliphatic carbocycles. The van der Waals surface area contributed by atoms with E-state index in [9.17, 15) is 8.42 Å². The van der Waals surface area contributed by atoms with Crippen molar-refractivity contribution in [3.8, 4) is 22.8 Å². The second kappa shape index (κ2) is 6.66. The molecule has 1 aliphatic heterocycles. The molecular formula is C19H19N3O3S. The Kier molecular flexibility index (Phi) is 4.34. The van der Waals surface area contributed by atoms with E-state index in [1.54, 1.807) is 24.3 Å². The molecule has 0 atom stereocenters. The summed E-state index contributed by atoms with van der Waals surface area (Å²) in [4.78, 5) is 4.74. The van der Waals surface area contributed by atoms with E-state index in [-0.39, 0.29) is 4.90 Å². The van der Waals surface area contributed by atoms with Gasteiger partial charge in [-0.3, -0.25) is 0 Å². The molecule has 0 amide bonds. The summed E-state index contributed by atoms with van der Waals surface area (Å²) < 4.78 is 28.5. The van der Waals surface area contributed by atoms with E-state index in [0.717, 1.165) is 31.5 Å². The highest BCUT2D eigenvalue weighted by atomic mass is 32.2. The van der Waals surface area contributed by atoms with Gasteiger partial charge < -0.3 is 9.84 Å². The first-order valence-corrected chi connectivity index (χ1v) is 10.4. The summed E-state index contributed by atoms with van der Waals surface area (Å²) in [6, 6.07) is 12.7. The van der Waals surface area contributed by atoms with Gasteiger partial charge in [-0.2, -0.15) is 4.98 Å². The van der Waals surface area contributed by atoms with Crippen molar-refractivity contribution in [1.82, 2.24) is 15.5 Å². The minimum Gasteiger partial charge on any atom is -0.334 e. The molecule has 0 fully saturated rings. The highest BCUT2D eigenvalue weighted by molar-refractivity contribution is 7.90. The maximum Gasteiger partial charge on any atom is 0.258 e. The van der Waals surface area contributed by atoms with Crippen LogP contribution in [0, 0.1) is 0 Å². The molecular weight excluding hydrogens is 350 g/mol. The predicted molar refractivity (Wildman–Crippen MR) is 98.6 cm³/mol. The molecule has 1 aliphatic rings. The number of hydrogen-bond acceptors (Lipinski definition) is 6. The zero-order valence-corrected chi connectivity index (χ0v) is 15.2. The fourth-order valence-electron chi connectivity index (χ4n) is 3.12. The van der Waals surface area contributed by atoms with Crippen molar-refractivity contribution in [2.75, 3.05) is 19.3 Å². The molecule has 4 rings (SSSR count). The summed E-state index contributed by atoms with van der Waals surface area (Å²) in [6.45, 7) is 1.97. The Morgan fingerprint density at radius 2 is 1.65 bits per heavy atom. The fourth-order valence-corrected chi connectivity index (χ4v) is 3.75. The van der Waals surface area contributed by atoms with Gasteiger partial charge in [0.05, 0.1) is 4.90 Å². The second-order valence-corrected chi connectivity index (χ2v) is 8.47. The maximum absolute atomic E-state index is 11.6. The molecule has 6 nitrogen and oxygen atoms in total. The van der Waals surface area contributed by atoms with Gasteiger partial charge in [-0.1, -0.05) is 11.2 Å². The topological polar surface area (TPSA) is 85.1 Å². The number of benzene rings is 2. The van der Waals surface area contributed by atoms with Gasteiger partial charge >= 0.3 is 0 Å². The van der Waals surface area contributed by atoms with Crippen molar-refractivity contribution >= 4 is 9.84 Å².